The number of benzene rings is 2. The van der Waals surface area contributed by atoms with Crippen LogP contribution in [-0.2, 0) is 9.53 Å². The minimum absolute atomic E-state index is 0.0694. The lowest BCUT2D eigenvalue weighted by molar-refractivity contribution is -0.121. The average molecular weight is 407 g/mol. The highest BCUT2D eigenvalue weighted by Crippen LogP contribution is 2.26. The van der Waals surface area contributed by atoms with Gasteiger partial charge in [0.05, 0.1) is 12.5 Å². The molecule has 0 unspecified atom stereocenters. The quantitative estimate of drug-likeness (QED) is 0.551. The number of rotatable bonds is 7. The van der Waals surface area contributed by atoms with Gasteiger partial charge in [0.25, 0.3) is 5.91 Å². The summed E-state index contributed by atoms with van der Waals surface area (Å²) in [5.41, 5.74) is 1.54. The lowest BCUT2D eigenvalue weighted by Gasteiger charge is -2.21. The number of anilines is 1. The van der Waals surface area contributed by atoms with Crippen LogP contribution >= 0.6 is 0 Å². The maximum absolute atomic E-state index is 13.2. The second-order valence-electron chi connectivity index (χ2n) is 6.33. The Morgan fingerprint density at radius 3 is 2.53 bits per heavy atom. The molecule has 3 aromatic rings. The van der Waals surface area contributed by atoms with Gasteiger partial charge >= 0.3 is 5.97 Å². The minimum Gasteiger partial charge on any atom is -0.452 e. The molecule has 0 aliphatic carbocycles. The van der Waals surface area contributed by atoms with Gasteiger partial charge in [-0.05, 0) is 31.2 Å². The second kappa shape index (κ2) is 9.47. The number of aromatic nitrogens is 1. The third-order valence-corrected chi connectivity index (χ3v) is 4.33. The van der Waals surface area contributed by atoms with Gasteiger partial charge in [-0.25, -0.2) is 9.18 Å². The van der Waals surface area contributed by atoms with Crippen LogP contribution in [0.3, 0.4) is 0 Å². The molecule has 3 rings (SSSR count). The monoisotopic (exact) mass is 407 g/mol. The van der Waals surface area contributed by atoms with Gasteiger partial charge in [-0.15, -0.1) is 0 Å². The van der Waals surface area contributed by atoms with Crippen LogP contribution in [-0.4, -0.2) is 30.2 Å². The Morgan fingerprint density at radius 2 is 1.87 bits per heavy atom. The van der Waals surface area contributed by atoms with Crippen molar-refractivity contribution in [1.29, 1.82) is 5.26 Å². The molecule has 7 nitrogen and oxygen atoms in total. The zero-order valence-electron chi connectivity index (χ0n) is 16.2. The molecular formula is C22H18FN3O4. The number of carbonyl (C=O) groups is 2. The van der Waals surface area contributed by atoms with Gasteiger partial charge in [0.1, 0.15) is 22.8 Å². The summed E-state index contributed by atoms with van der Waals surface area (Å²) in [6, 6.07) is 16.2. The van der Waals surface area contributed by atoms with Gasteiger partial charge in [-0.1, -0.05) is 35.5 Å². The Bertz CT molecular complexity index is 1070. The van der Waals surface area contributed by atoms with Crippen molar-refractivity contribution in [2.24, 2.45) is 0 Å². The van der Waals surface area contributed by atoms with E-state index in [2.05, 4.69) is 5.16 Å². The van der Waals surface area contributed by atoms with E-state index < -0.39 is 24.3 Å². The van der Waals surface area contributed by atoms with Crippen LogP contribution in [0.5, 0.6) is 0 Å². The first-order valence-electron chi connectivity index (χ1n) is 9.13. The standard InChI is InChI=1S/C22H18FN3O4/c1-15-20(21(25-30-15)16-6-3-2-4-7-16)22(28)29-14-19(27)26(13-5-12-24)18-10-8-17(23)9-11-18/h2-4,6-11H,5,13-14H2,1H3. The smallest absolute Gasteiger partial charge is 0.344 e. The van der Waals surface area contributed by atoms with Crippen molar-refractivity contribution in [2.75, 3.05) is 18.1 Å². The molecule has 0 atom stereocenters. The van der Waals surface area contributed by atoms with Crippen molar-refractivity contribution in [3.05, 3.63) is 71.7 Å². The van der Waals surface area contributed by atoms with Crippen molar-refractivity contribution in [2.45, 2.75) is 13.3 Å². The van der Waals surface area contributed by atoms with Crippen molar-refractivity contribution >= 4 is 17.6 Å². The van der Waals surface area contributed by atoms with E-state index in [0.29, 0.717) is 16.9 Å². The van der Waals surface area contributed by atoms with E-state index in [9.17, 15) is 14.0 Å². The van der Waals surface area contributed by atoms with Crippen LogP contribution in [0.2, 0.25) is 0 Å². The largest absolute Gasteiger partial charge is 0.452 e. The molecule has 0 saturated carbocycles. The number of ether oxygens (including phenoxy) is 1. The van der Waals surface area contributed by atoms with Gasteiger partial charge in [-0.3, -0.25) is 4.79 Å². The molecular weight excluding hydrogens is 389 g/mol. The highest BCUT2D eigenvalue weighted by molar-refractivity contribution is 6.00. The van der Waals surface area contributed by atoms with Crippen LogP contribution in [0, 0.1) is 24.1 Å². The first kappa shape index (κ1) is 20.7. The Balaban J connectivity index is 1.75. The van der Waals surface area contributed by atoms with Crippen molar-refractivity contribution in [3.8, 4) is 17.3 Å². The second-order valence-corrected chi connectivity index (χ2v) is 6.33. The summed E-state index contributed by atoms with van der Waals surface area (Å²) in [5.74, 6) is -1.47. The zero-order chi connectivity index (χ0) is 21.5. The molecule has 1 amide bonds. The maximum atomic E-state index is 13.2. The first-order valence-corrected chi connectivity index (χ1v) is 9.13. The van der Waals surface area contributed by atoms with Gasteiger partial charge < -0.3 is 14.2 Å². The lowest BCUT2D eigenvalue weighted by Crippen LogP contribution is -2.35. The Hall–Kier alpha value is -3.99. The van der Waals surface area contributed by atoms with Crippen molar-refractivity contribution < 1.29 is 23.2 Å². The van der Waals surface area contributed by atoms with Crippen molar-refractivity contribution in [3.63, 3.8) is 0 Å². The van der Waals surface area contributed by atoms with Gasteiger partial charge in [-0.2, -0.15) is 5.26 Å². The summed E-state index contributed by atoms with van der Waals surface area (Å²) in [6.07, 6.45) is 0.0694. The number of esters is 1. The number of aryl methyl sites for hydroxylation is 1. The van der Waals surface area contributed by atoms with E-state index in [-0.39, 0.29) is 24.3 Å². The van der Waals surface area contributed by atoms with E-state index >= 15 is 0 Å². The van der Waals surface area contributed by atoms with E-state index in [1.807, 2.05) is 12.1 Å². The molecule has 152 valence electrons. The summed E-state index contributed by atoms with van der Waals surface area (Å²) in [7, 11) is 0. The van der Waals surface area contributed by atoms with E-state index in [1.165, 1.54) is 29.2 Å². The summed E-state index contributed by atoms with van der Waals surface area (Å²) in [4.78, 5) is 26.6. The van der Waals surface area contributed by atoms with E-state index in [0.717, 1.165) is 0 Å². The third-order valence-electron chi connectivity index (χ3n) is 4.33. The lowest BCUT2D eigenvalue weighted by atomic mass is 10.1. The first-order chi connectivity index (χ1) is 14.5. The number of amides is 1. The number of hydrogen-bond acceptors (Lipinski definition) is 6. The van der Waals surface area contributed by atoms with Crippen LogP contribution in [0.15, 0.2) is 59.1 Å². The minimum atomic E-state index is -0.750. The summed E-state index contributed by atoms with van der Waals surface area (Å²) < 4.78 is 23.5. The Labute approximate surface area is 172 Å². The molecule has 1 heterocycles. The number of nitriles is 1. The SMILES string of the molecule is Cc1onc(-c2ccccc2)c1C(=O)OCC(=O)N(CCC#N)c1ccc(F)cc1. The van der Waals surface area contributed by atoms with Crippen molar-refractivity contribution in [1.82, 2.24) is 5.16 Å². The normalized spacial score (nSPS) is 10.3. The molecule has 0 radical (unpaired) electrons. The maximum Gasteiger partial charge on any atom is 0.344 e. The fourth-order valence-electron chi connectivity index (χ4n) is 2.86. The van der Waals surface area contributed by atoms with Gasteiger partial charge in [0, 0.05) is 17.8 Å². The summed E-state index contributed by atoms with van der Waals surface area (Å²) >= 11 is 0. The average Bonchev–Trinajstić information content (AvgIpc) is 3.15. The molecule has 0 fully saturated rings. The number of carbonyl (C=O) groups excluding carboxylic acids is 2. The van der Waals surface area contributed by atoms with Gasteiger partial charge in [0.2, 0.25) is 0 Å². The molecule has 0 aliphatic rings. The predicted molar refractivity (Wildman–Crippen MR) is 106 cm³/mol. The molecule has 1 aromatic heterocycles. The van der Waals surface area contributed by atoms with Crippen LogP contribution in [0.1, 0.15) is 22.5 Å². The molecule has 0 aliphatic heterocycles. The van der Waals surface area contributed by atoms with Gasteiger partial charge in [0.15, 0.2) is 6.61 Å². The highest BCUT2D eigenvalue weighted by Gasteiger charge is 2.25. The zero-order valence-corrected chi connectivity index (χ0v) is 16.2. The molecule has 30 heavy (non-hydrogen) atoms. The third kappa shape index (κ3) is 4.70. The molecule has 2 aromatic carbocycles. The predicted octanol–water partition coefficient (Wildman–Crippen LogP) is 3.89. The summed E-state index contributed by atoms with van der Waals surface area (Å²) in [5, 5.41) is 12.8. The highest BCUT2D eigenvalue weighted by atomic mass is 19.1. The Kier molecular flexibility index (Phi) is 6.55. The van der Waals surface area contributed by atoms with Crippen LogP contribution in [0.4, 0.5) is 10.1 Å². The summed E-state index contributed by atoms with van der Waals surface area (Å²) in [6.45, 7) is 1.11. The van der Waals surface area contributed by atoms with E-state index in [1.54, 1.807) is 31.2 Å². The van der Waals surface area contributed by atoms with E-state index in [4.69, 9.17) is 14.5 Å². The molecule has 8 heteroatoms. The Morgan fingerprint density at radius 1 is 1.17 bits per heavy atom. The molecule has 0 bridgehead atoms. The van der Waals surface area contributed by atoms with Crippen LogP contribution < -0.4 is 4.90 Å². The number of hydrogen-bond donors (Lipinski definition) is 0. The molecule has 0 N–H and O–H groups in total. The molecule has 0 saturated heterocycles. The fraction of sp³-hybridized carbons (Fsp3) is 0.182. The molecule has 0 spiro atoms. The number of halogens is 1. The fourth-order valence-corrected chi connectivity index (χ4v) is 2.86. The topological polar surface area (TPSA) is 96.4 Å². The van der Waals surface area contributed by atoms with Crippen LogP contribution in [0.25, 0.3) is 11.3 Å². The number of nitrogens with zero attached hydrogens (tertiary/aromatic N) is 3.